The Hall–Kier alpha value is -0.0800. The van der Waals surface area contributed by atoms with E-state index in [0.29, 0.717) is 23.9 Å². The Labute approximate surface area is 118 Å². The molecule has 2 aliphatic rings. The van der Waals surface area contributed by atoms with Gasteiger partial charge in [-0.15, -0.1) is 0 Å². The van der Waals surface area contributed by atoms with Crippen molar-refractivity contribution in [3.05, 3.63) is 0 Å². The van der Waals surface area contributed by atoms with Gasteiger partial charge in [0.15, 0.2) is 0 Å². The molecule has 1 N–H and O–H groups in total. The summed E-state index contributed by atoms with van der Waals surface area (Å²) >= 11 is 0. The summed E-state index contributed by atoms with van der Waals surface area (Å²) in [7, 11) is 0. The van der Waals surface area contributed by atoms with Crippen LogP contribution in [-0.4, -0.2) is 22.9 Å². The molecule has 0 aliphatic heterocycles. The van der Waals surface area contributed by atoms with Crippen molar-refractivity contribution < 1.29 is 9.84 Å². The van der Waals surface area contributed by atoms with E-state index in [1.165, 1.54) is 25.7 Å². The van der Waals surface area contributed by atoms with E-state index < -0.39 is 0 Å². The highest BCUT2D eigenvalue weighted by Crippen LogP contribution is 2.40. The van der Waals surface area contributed by atoms with Crippen LogP contribution in [0.1, 0.15) is 72.6 Å². The second-order valence-electron chi connectivity index (χ2n) is 7.58. The lowest BCUT2D eigenvalue weighted by atomic mass is 9.73. The molecule has 0 radical (unpaired) electrons. The quantitative estimate of drug-likeness (QED) is 0.833. The molecule has 2 fully saturated rings. The van der Waals surface area contributed by atoms with Gasteiger partial charge in [-0.2, -0.15) is 0 Å². The normalized spacial score (nSPS) is 41.2. The van der Waals surface area contributed by atoms with E-state index in [2.05, 4.69) is 27.7 Å². The predicted octanol–water partition coefficient (Wildman–Crippen LogP) is 4.16. The average molecular weight is 268 g/mol. The van der Waals surface area contributed by atoms with Crippen molar-refractivity contribution in [1.82, 2.24) is 0 Å². The van der Waals surface area contributed by atoms with Crippen LogP contribution in [0.3, 0.4) is 0 Å². The van der Waals surface area contributed by atoms with E-state index in [9.17, 15) is 5.11 Å². The van der Waals surface area contributed by atoms with Crippen molar-refractivity contribution in [2.75, 3.05) is 0 Å². The number of hydrogen-bond donors (Lipinski definition) is 1. The molecule has 0 amide bonds. The zero-order valence-corrected chi connectivity index (χ0v) is 13.2. The minimum absolute atomic E-state index is 0.0370. The fraction of sp³-hybridized carbons (Fsp3) is 1.00. The standard InChI is InChI=1S/C17H32O2/c1-12-7-5-6-8-16(12)19-17(3,4)14-9-10-15(18)13(2)11-14/h12-16,18H,5-11H2,1-4H3. The third-order valence-electron chi connectivity index (χ3n) is 5.60. The molecule has 2 rings (SSSR count). The third-order valence-corrected chi connectivity index (χ3v) is 5.60. The van der Waals surface area contributed by atoms with Gasteiger partial charge in [-0.3, -0.25) is 0 Å². The molecule has 0 heterocycles. The maximum Gasteiger partial charge on any atom is 0.0658 e. The van der Waals surface area contributed by atoms with E-state index in [1.807, 2.05) is 0 Å². The molecule has 2 aliphatic carbocycles. The smallest absolute Gasteiger partial charge is 0.0658 e. The highest BCUT2D eigenvalue weighted by Gasteiger charge is 2.39. The van der Waals surface area contributed by atoms with Crippen molar-refractivity contribution in [2.45, 2.75) is 90.4 Å². The Morgan fingerprint density at radius 2 is 1.63 bits per heavy atom. The van der Waals surface area contributed by atoms with Crippen molar-refractivity contribution in [3.8, 4) is 0 Å². The highest BCUT2D eigenvalue weighted by molar-refractivity contribution is 4.89. The fourth-order valence-electron chi connectivity index (χ4n) is 3.96. The Balaban J connectivity index is 1.93. The van der Waals surface area contributed by atoms with Crippen molar-refractivity contribution in [2.24, 2.45) is 17.8 Å². The van der Waals surface area contributed by atoms with Gasteiger partial charge in [0.2, 0.25) is 0 Å². The molecular formula is C17H32O2. The minimum atomic E-state index is -0.0966. The first-order valence-electron chi connectivity index (χ1n) is 8.26. The van der Waals surface area contributed by atoms with Crippen LogP contribution in [0.15, 0.2) is 0 Å². The molecule has 0 saturated heterocycles. The largest absolute Gasteiger partial charge is 0.393 e. The molecule has 112 valence electrons. The summed E-state index contributed by atoms with van der Waals surface area (Å²) in [6, 6.07) is 0. The van der Waals surface area contributed by atoms with Crippen LogP contribution in [0.2, 0.25) is 0 Å². The topological polar surface area (TPSA) is 29.5 Å². The number of hydrogen-bond acceptors (Lipinski definition) is 2. The van der Waals surface area contributed by atoms with Gasteiger partial charge in [-0.1, -0.05) is 26.7 Å². The predicted molar refractivity (Wildman–Crippen MR) is 79.1 cm³/mol. The first-order valence-corrected chi connectivity index (χ1v) is 8.26. The van der Waals surface area contributed by atoms with Gasteiger partial charge in [0, 0.05) is 0 Å². The Kier molecular flexibility index (Phi) is 4.94. The molecule has 2 saturated carbocycles. The molecule has 0 bridgehead atoms. The third kappa shape index (κ3) is 3.72. The molecule has 0 aromatic rings. The van der Waals surface area contributed by atoms with Gasteiger partial charge in [0.05, 0.1) is 17.8 Å². The van der Waals surface area contributed by atoms with Crippen LogP contribution in [0.4, 0.5) is 0 Å². The summed E-state index contributed by atoms with van der Waals surface area (Å²) in [5.41, 5.74) is -0.0370. The lowest BCUT2D eigenvalue weighted by Crippen LogP contribution is -2.44. The molecule has 0 spiro atoms. The van der Waals surface area contributed by atoms with Crippen LogP contribution in [0.25, 0.3) is 0 Å². The number of ether oxygens (including phenoxy) is 1. The fourth-order valence-corrected chi connectivity index (χ4v) is 3.96. The highest BCUT2D eigenvalue weighted by atomic mass is 16.5. The van der Waals surface area contributed by atoms with Crippen LogP contribution >= 0.6 is 0 Å². The maximum absolute atomic E-state index is 9.88. The molecule has 2 heteroatoms. The Morgan fingerprint density at radius 3 is 2.26 bits per heavy atom. The van der Waals surface area contributed by atoms with Crippen LogP contribution in [-0.2, 0) is 4.74 Å². The average Bonchev–Trinajstić information content (AvgIpc) is 2.35. The molecule has 5 unspecified atom stereocenters. The second kappa shape index (κ2) is 6.13. The monoisotopic (exact) mass is 268 g/mol. The number of aliphatic hydroxyl groups excluding tert-OH is 1. The van der Waals surface area contributed by atoms with E-state index >= 15 is 0 Å². The van der Waals surface area contributed by atoms with Crippen LogP contribution in [0, 0.1) is 17.8 Å². The summed E-state index contributed by atoms with van der Waals surface area (Å²) in [5, 5.41) is 9.88. The van der Waals surface area contributed by atoms with E-state index in [4.69, 9.17) is 4.74 Å². The molecule has 5 atom stereocenters. The van der Waals surface area contributed by atoms with Crippen LogP contribution < -0.4 is 0 Å². The second-order valence-corrected chi connectivity index (χ2v) is 7.58. The van der Waals surface area contributed by atoms with E-state index in [0.717, 1.165) is 19.3 Å². The lowest BCUT2D eigenvalue weighted by Gasteiger charge is -2.44. The summed E-state index contributed by atoms with van der Waals surface area (Å²) in [6.07, 6.45) is 8.76. The number of rotatable bonds is 3. The SMILES string of the molecule is CC1CC(C(C)(C)OC2CCCCC2C)CCC1O. The Morgan fingerprint density at radius 1 is 0.947 bits per heavy atom. The van der Waals surface area contributed by atoms with Crippen molar-refractivity contribution in [1.29, 1.82) is 0 Å². The number of aliphatic hydroxyl groups is 1. The van der Waals surface area contributed by atoms with Gasteiger partial charge in [-0.05, 0) is 63.7 Å². The van der Waals surface area contributed by atoms with Crippen LogP contribution in [0.5, 0.6) is 0 Å². The molecule has 0 aromatic heterocycles. The van der Waals surface area contributed by atoms with Gasteiger partial charge < -0.3 is 9.84 Å². The summed E-state index contributed by atoms with van der Waals surface area (Å²) in [6.45, 7) is 9.05. The lowest BCUT2D eigenvalue weighted by molar-refractivity contribution is -0.146. The zero-order valence-electron chi connectivity index (χ0n) is 13.2. The van der Waals surface area contributed by atoms with Gasteiger partial charge >= 0.3 is 0 Å². The minimum Gasteiger partial charge on any atom is -0.393 e. The summed E-state index contributed by atoms with van der Waals surface area (Å²) < 4.78 is 6.53. The molecule has 19 heavy (non-hydrogen) atoms. The Bertz CT molecular complexity index is 287. The zero-order chi connectivity index (χ0) is 14.0. The van der Waals surface area contributed by atoms with Gasteiger partial charge in [0.25, 0.3) is 0 Å². The molecule has 2 nitrogen and oxygen atoms in total. The first-order chi connectivity index (χ1) is 8.90. The van der Waals surface area contributed by atoms with Gasteiger partial charge in [0.1, 0.15) is 0 Å². The van der Waals surface area contributed by atoms with E-state index in [1.54, 1.807) is 0 Å². The van der Waals surface area contributed by atoms with Gasteiger partial charge in [-0.25, -0.2) is 0 Å². The first kappa shape index (κ1) is 15.3. The summed E-state index contributed by atoms with van der Waals surface area (Å²) in [4.78, 5) is 0. The van der Waals surface area contributed by atoms with E-state index in [-0.39, 0.29) is 11.7 Å². The van der Waals surface area contributed by atoms with Crippen molar-refractivity contribution >= 4 is 0 Å². The molecular weight excluding hydrogens is 236 g/mol. The maximum atomic E-state index is 9.88. The summed E-state index contributed by atoms with van der Waals surface area (Å²) in [5.74, 6) is 1.73. The van der Waals surface area contributed by atoms with Crippen molar-refractivity contribution in [3.63, 3.8) is 0 Å². The molecule has 0 aromatic carbocycles.